The van der Waals surface area contributed by atoms with Gasteiger partial charge in [0.15, 0.2) is 11.5 Å². The number of nitrogens with zero attached hydrogens (tertiary/aromatic N) is 4. The van der Waals surface area contributed by atoms with Gasteiger partial charge in [-0.15, -0.1) is 0 Å². The van der Waals surface area contributed by atoms with E-state index in [1.807, 2.05) is 0 Å². The Bertz CT molecular complexity index is 709. The molecule has 0 aliphatic carbocycles. The van der Waals surface area contributed by atoms with E-state index in [9.17, 15) is 9.59 Å². The number of hydrogen-bond donors (Lipinski definition) is 3. The molecule has 0 fully saturated rings. The highest BCUT2D eigenvalue weighted by atomic mass is 16.4. The fourth-order valence-electron chi connectivity index (χ4n) is 2.07. The van der Waals surface area contributed by atoms with Crippen molar-refractivity contribution in [3.05, 3.63) is 12.7 Å². The maximum atomic E-state index is 12.1. The van der Waals surface area contributed by atoms with Crippen molar-refractivity contribution in [1.29, 1.82) is 0 Å². The molecule has 9 heteroatoms. The second kappa shape index (κ2) is 5.96. The van der Waals surface area contributed by atoms with Gasteiger partial charge in [0, 0.05) is 12.0 Å². The molecule has 0 aromatic carbocycles. The number of hydrogen-bond acceptors (Lipinski definition) is 6. The van der Waals surface area contributed by atoms with Crippen molar-refractivity contribution in [2.24, 2.45) is 0 Å². The summed E-state index contributed by atoms with van der Waals surface area (Å²) in [6, 6.07) is 0. The van der Waals surface area contributed by atoms with Gasteiger partial charge in [-0.3, -0.25) is 9.59 Å². The van der Waals surface area contributed by atoms with E-state index in [2.05, 4.69) is 20.3 Å². The van der Waals surface area contributed by atoms with Crippen LogP contribution in [0.4, 0.5) is 5.82 Å². The van der Waals surface area contributed by atoms with E-state index in [0.29, 0.717) is 17.6 Å². The number of imidazole rings is 1. The van der Waals surface area contributed by atoms with Gasteiger partial charge >= 0.3 is 5.97 Å². The number of anilines is 1. The lowest BCUT2D eigenvalue weighted by Gasteiger charge is -2.25. The predicted molar refractivity (Wildman–Crippen MR) is 78.8 cm³/mol. The van der Waals surface area contributed by atoms with Crippen LogP contribution in [0.5, 0.6) is 0 Å². The van der Waals surface area contributed by atoms with Crippen molar-refractivity contribution in [3.63, 3.8) is 0 Å². The van der Waals surface area contributed by atoms with Crippen LogP contribution >= 0.6 is 0 Å². The third-order valence-corrected chi connectivity index (χ3v) is 3.19. The zero-order chi connectivity index (χ0) is 16.3. The van der Waals surface area contributed by atoms with E-state index < -0.39 is 11.5 Å². The number of nitrogens with one attached hydrogen (secondary N) is 1. The normalized spacial score (nSPS) is 11.5. The molecule has 0 saturated carbocycles. The van der Waals surface area contributed by atoms with E-state index in [1.165, 1.54) is 12.7 Å². The lowest BCUT2D eigenvalue weighted by molar-refractivity contribution is -0.137. The molecule has 0 bridgehead atoms. The summed E-state index contributed by atoms with van der Waals surface area (Å²) in [5.74, 6) is -0.895. The number of carboxylic acids is 1. The number of nitrogens with two attached hydrogens (primary N) is 1. The van der Waals surface area contributed by atoms with Crippen LogP contribution in [-0.2, 0) is 16.1 Å². The standard InChI is InChI=1S/C13H18N6O3/c1-13(2,4-3-9(21)22)18-8(20)5-19-7-17-10-11(14)15-6-16-12(10)19/h6-7H,3-5H2,1-2H3,(H,18,20)(H,21,22)(H2,14,15,16). The van der Waals surface area contributed by atoms with Gasteiger partial charge in [-0.25, -0.2) is 15.0 Å². The number of rotatable bonds is 6. The fourth-order valence-corrected chi connectivity index (χ4v) is 2.07. The Balaban J connectivity index is 2.05. The van der Waals surface area contributed by atoms with E-state index >= 15 is 0 Å². The second-order valence-corrected chi connectivity index (χ2v) is 5.63. The third-order valence-electron chi connectivity index (χ3n) is 3.19. The number of aliphatic carboxylic acids is 1. The maximum absolute atomic E-state index is 12.1. The quantitative estimate of drug-likeness (QED) is 0.691. The molecule has 0 saturated heterocycles. The first-order chi connectivity index (χ1) is 10.3. The summed E-state index contributed by atoms with van der Waals surface area (Å²) in [4.78, 5) is 34.7. The molecule has 2 rings (SSSR count). The molecule has 22 heavy (non-hydrogen) atoms. The van der Waals surface area contributed by atoms with Gasteiger partial charge in [-0.1, -0.05) is 0 Å². The minimum absolute atomic E-state index is 0.00888. The number of carbonyl (C=O) groups is 2. The molecule has 0 atom stereocenters. The maximum Gasteiger partial charge on any atom is 0.303 e. The van der Waals surface area contributed by atoms with Gasteiger partial charge in [0.05, 0.1) is 6.33 Å². The smallest absolute Gasteiger partial charge is 0.303 e. The highest BCUT2D eigenvalue weighted by Crippen LogP contribution is 2.15. The van der Waals surface area contributed by atoms with Crippen molar-refractivity contribution in [3.8, 4) is 0 Å². The Morgan fingerprint density at radius 2 is 2.09 bits per heavy atom. The monoisotopic (exact) mass is 306 g/mol. The van der Waals surface area contributed by atoms with Gasteiger partial charge in [0.25, 0.3) is 0 Å². The van der Waals surface area contributed by atoms with E-state index in [4.69, 9.17) is 10.8 Å². The van der Waals surface area contributed by atoms with E-state index in [-0.39, 0.29) is 24.7 Å². The number of fused-ring (bicyclic) bond motifs is 1. The molecule has 0 spiro atoms. The molecule has 4 N–H and O–H groups in total. The molecule has 0 unspecified atom stereocenters. The summed E-state index contributed by atoms with van der Waals surface area (Å²) in [7, 11) is 0. The lowest BCUT2D eigenvalue weighted by Crippen LogP contribution is -2.45. The minimum atomic E-state index is -0.893. The summed E-state index contributed by atoms with van der Waals surface area (Å²) in [5, 5.41) is 11.5. The van der Waals surface area contributed by atoms with Crippen LogP contribution in [0, 0.1) is 0 Å². The first-order valence-corrected chi connectivity index (χ1v) is 6.72. The molecular weight excluding hydrogens is 288 g/mol. The molecular formula is C13H18N6O3. The Morgan fingerprint density at radius 3 is 2.77 bits per heavy atom. The van der Waals surface area contributed by atoms with E-state index in [1.54, 1.807) is 18.4 Å². The average Bonchev–Trinajstić information content (AvgIpc) is 2.81. The molecule has 2 aromatic heterocycles. The summed E-state index contributed by atoms with van der Waals surface area (Å²) in [5.41, 5.74) is 6.00. The van der Waals surface area contributed by atoms with Crippen LogP contribution in [0.3, 0.4) is 0 Å². The molecule has 2 heterocycles. The zero-order valence-corrected chi connectivity index (χ0v) is 12.4. The zero-order valence-electron chi connectivity index (χ0n) is 12.4. The molecule has 2 aromatic rings. The Kier molecular flexibility index (Phi) is 4.25. The highest BCUT2D eigenvalue weighted by molar-refractivity contribution is 5.83. The van der Waals surface area contributed by atoms with Crippen molar-refractivity contribution in [2.45, 2.75) is 38.8 Å². The minimum Gasteiger partial charge on any atom is -0.481 e. The van der Waals surface area contributed by atoms with Crippen LogP contribution < -0.4 is 11.1 Å². The topological polar surface area (TPSA) is 136 Å². The van der Waals surface area contributed by atoms with Crippen LogP contribution in [0.25, 0.3) is 11.2 Å². The number of amides is 1. The molecule has 0 aliphatic heterocycles. The highest BCUT2D eigenvalue weighted by Gasteiger charge is 2.22. The van der Waals surface area contributed by atoms with Gasteiger partial charge in [0.1, 0.15) is 18.4 Å². The predicted octanol–water partition coefficient (Wildman–Crippen LogP) is 0.168. The van der Waals surface area contributed by atoms with Crippen LogP contribution in [0.2, 0.25) is 0 Å². The van der Waals surface area contributed by atoms with Gasteiger partial charge < -0.3 is 20.7 Å². The Morgan fingerprint density at radius 1 is 1.36 bits per heavy atom. The number of carboxylic acid groups (broad SMARTS) is 1. The SMILES string of the molecule is CC(C)(CCC(=O)O)NC(=O)Cn1cnc2c(N)ncnc21. The molecule has 1 amide bonds. The number of aromatic nitrogens is 4. The van der Waals surface area contributed by atoms with Crippen LogP contribution in [-0.4, -0.2) is 42.0 Å². The van der Waals surface area contributed by atoms with Crippen LogP contribution in [0.15, 0.2) is 12.7 Å². The first kappa shape index (κ1) is 15.7. The first-order valence-electron chi connectivity index (χ1n) is 6.72. The van der Waals surface area contributed by atoms with Crippen molar-refractivity contribution in [2.75, 3.05) is 5.73 Å². The average molecular weight is 306 g/mol. The van der Waals surface area contributed by atoms with Crippen molar-refractivity contribution < 1.29 is 14.7 Å². The molecule has 0 aliphatic rings. The Labute approximate surface area is 126 Å². The molecule has 0 radical (unpaired) electrons. The van der Waals surface area contributed by atoms with E-state index in [0.717, 1.165) is 0 Å². The van der Waals surface area contributed by atoms with Gasteiger partial charge in [-0.2, -0.15) is 0 Å². The molecule has 9 nitrogen and oxygen atoms in total. The summed E-state index contributed by atoms with van der Waals surface area (Å²) >= 11 is 0. The third kappa shape index (κ3) is 3.68. The van der Waals surface area contributed by atoms with Crippen molar-refractivity contribution >= 4 is 28.9 Å². The fraction of sp³-hybridized carbons (Fsp3) is 0.462. The lowest BCUT2D eigenvalue weighted by atomic mass is 9.98. The largest absolute Gasteiger partial charge is 0.481 e. The van der Waals surface area contributed by atoms with Crippen LogP contribution in [0.1, 0.15) is 26.7 Å². The number of carbonyl (C=O) groups excluding carboxylic acids is 1. The summed E-state index contributed by atoms with van der Waals surface area (Å²) in [6.45, 7) is 3.57. The molecule has 118 valence electrons. The Hall–Kier alpha value is -2.71. The van der Waals surface area contributed by atoms with Crippen molar-refractivity contribution in [1.82, 2.24) is 24.8 Å². The van der Waals surface area contributed by atoms with Gasteiger partial charge in [-0.05, 0) is 20.3 Å². The summed E-state index contributed by atoms with van der Waals surface area (Å²) < 4.78 is 1.57. The second-order valence-electron chi connectivity index (χ2n) is 5.63. The summed E-state index contributed by atoms with van der Waals surface area (Å²) in [6.07, 6.45) is 3.11. The van der Waals surface area contributed by atoms with Gasteiger partial charge in [0.2, 0.25) is 5.91 Å². The number of nitrogen functional groups attached to an aromatic ring is 1.